The van der Waals surface area contributed by atoms with Gasteiger partial charge < -0.3 is 15.0 Å². The van der Waals surface area contributed by atoms with Crippen LogP contribution in [0.4, 0.5) is 0 Å². The van der Waals surface area contributed by atoms with E-state index in [1.54, 1.807) is 36.9 Å². The molecule has 1 aliphatic heterocycles. The number of sulfonamides is 1. The Kier molecular flexibility index (Phi) is 5.68. The minimum atomic E-state index is -4.01. The second-order valence-electron chi connectivity index (χ2n) is 7.72. The number of halogens is 1. The summed E-state index contributed by atoms with van der Waals surface area (Å²) in [6.45, 7) is 0.470. The number of amides is 1. The van der Waals surface area contributed by atoms with Crippen LogP contribution in [0.5, 0.6) is 5.75 Å². The second kappa shape index (κ2) is 8.67. The lowest BCUT2D eigenvalue weighted by Crippen LogP contribution is -2.50. The third kappa shape index (κ3) is 3.98. The molecular weight excluding hydrogens is 480 g/mol. The lowest BCUT2D eigenvalue weighted by Gasteiger charge is -2.33. The number of carbonyl (C=O) groups is 1. The average Bonchev–Trinajstić information content (AvgIpc) is 3.20. The van der Waals surface area contributed by atoms with Gasteiger partial charge in [-0.15, -0.1) is 0 Å². The minimum Gasteiger partial charge on any atom is -0.504 e. The molecule has 0 saturated carbocycles. The van der Waals surface area contributed by atoms with Gasteiger partial charge in [0.2, 0.25) is 5.82 Å². The first-order valence-electron chi connectivity index (χ1n) is 10.4. The molecule has 0 bridgehead atoms. The van der Waals surface area contributed by atoms with Crippen LogP contribution < -0.4 is 0 Å². The van der Waals surface area contributed by atoms with Gasteiger partial charge in [0.15, 0.2) is 10.8 Å². The lowest BCUT2D eigenvalue weighted by molar-refractivity contribution is 0.0685. The Morgan fingerprint density at radius 3 is 2.35 bits per heavy atom. The summed E-state index contributed by atoms with van der Waals surface area (Å²) in [4.78, 5) is 29.5. The molecule has 0 atom stereocenters. The van der Waals surface area contributed by atoms with Crippen molar-refractivity contribution in [2.45, 2.75) is 5.03 Å². The van der Waals surface area contributed by atoms with E-state index >= 15 is 0 Å². The van der Waals surface area contributed by atoms with E-state index in [0.29, 0.717) is 15.9 Å². The van der Waals surface area contributed by atoms with Crippen LogP contribution in [-0.2, 0) is 10.0 Å². The first-order valence-corrected chi connectivity index (χ1v) is 12.2. The highest BCUT2D eigenvalue weighted by Gasteiger charge is 2.34. The van der Waals surface area contributed by atoms with E-state index in [2.05, 4.69) is 19.9 Å². The highest BCUT2D eigenvalue weighted by Crippen LogP contribution is 2.35. The van der Waals surface area contributed by atoms with Gasteiger partial charge in [0.05, 0.1) is 5.52 Å². The number of rotatable bonds is 4. The van der Waals surface area contributed by atoms with Crippen LogP contribution in [0.25, 0.3) is 22.0 Å². The van der Waals surface area contributed by atoms with Gasteiger partial charge in [-0.1, -0.05) is 11.6 Å². The summed E-state index contributed by atoms with van der Waals surface area (Å²) in [7, 11) is -4.01. The standard InChI is InChI=1S/C22H19ClN6O4S/c23-16-1-2-18-17(11-16)19(30)21(27-18)34(32,33)29-9-7-28(8-10-29)22(31)20-25-12-15(13-26-20)14-3-5-24-6-4-14/h1-6,11-13,27,30H,7-10H2. The third-order valence-corrected chi connectivity index (χ3v) is 7.77. The van der Waals surface area contributed by atoms with Gasteiger partial charge in [0.1, 0.15) is 0 Å². The van der Waals surface area contributed by atoms with Crippen molar-refractivity contribution in [3.05, 3.63) is 66.0 Å². The maximum absolute atomic E-state index is 13.2. The summed E-state index contributed by atoms with van der Waals surface area (Å²) in [5, 5.41) is 10.9. The molecule has 1 saturated heterocycles. The molecule has 3 aromatic heterocycles. The zero-order valence-corrected chi connectivity index (χ0v) is 19.3. The molecule has 1 fully saturated rings. The first-order chi connectivity index (χ1) is 16.3. The van der Waals surface area contributed by atoms with Crippen molar-refractivity contribution in [2.75, 3.05) is 26.2 Å². The maximum atomic E-state index is 13.2. The summed E-state index contributed by atoms with van der Waals surface area (Å²) < 4.78 is 27.5. The largest absolute Gasteiger partial charge is 0.504 e. The van der Waals surface area contributed by atoms with Crippen LogP contribution in [0.15, 0.2) is 60.1 Å². The fourth-order valence-corrected chi connectivity index (χ4v) is 5.51. The number of fused-ring (bicyclic) bond motifs is 1. The van der Waals surface area contributed by atoms with E-state index in [1.165, 1.54) is 15.3 Å². The normalized spacial score (nSPS) is 15.0. The summed E-state index contributed by atoms with van der Waals surface area (Å²) in [5.41, 5.74) is 2.10. The van der Waals surface area contributed by atoms with Crippen LogP contribution in [0.2, 0.25) is 5.02 Å². The Labute approximate surface area is 199 Å². The van der Waals surface area contributed by atoms with Gasteiger partial charge in [-0.25, -0.2) is 18.4 Å². The number of benzene rings is 1. The summed E-state index contributed by atoms with van der Waals surface area (Å²) in [6.07, 6.45) is 6.46. The average molecular weight is 499 g/mol. The Hall–Kier alpha value is -3.54. The van der Waals surface area contributed by atoms with E-state index in [9.17, 15) is 18.3 Å². The fourth-order valence-electron chi connectivity index (χ4n) is 3.85. The SMILES string of the molecule is O=C(c1ncc(-c2ccncc2)cn1)N1CCN(S(=O)(=O)c2[nH]c3ccc(Cl)cc3c2O)CC1. The van der Waals surface area contributed by atoms with Crippen molar-refractivity contribution in [3.63, 3.8) is 0 Å². The van der Waals surface area contributed by atoms with Crippen LogP contribution in [0.3, 0.4) is 0 Å². The number of piperazine rings is 1. The molecule has 174 valence electrons. The molecule has 10 nitrogen and oxygen atoms in total. The number of pyridine rings is 1. The van der Waals surface area contributed by atoms with Crippen molar-refractivity contribution in [2.24, 2.45) is 0 Å². The van der Waals surface area contributed by atoms with Gasteiger partial charge in [-0.2, -0.15) is 4.31 Å². The van der Waals surface area contributed by atoms with Crippen molar-refractivity contribution in [3.8, 4) is 16.9 Å². The molecule has 12 heteroatoms. The molecular formula is C22H19ClN6O4S. The number of H-pyrrole nitrogens is 1. The molecule has 0 radical (unpaired) electrons. The topological polar surface area (TPSA) is 132 Å². The molecule has 1 aliphatic rings. The smallest absolute Gasteiger partial charge is 0.291 e. The van der Waals surface area contributed by atoms with Crippen molar-refractivity contribution in [1.82, 2.24) is 29.1 Å². The predicted octanol–water partition coefficient (Wildman–Crippen LogP) is 2.53. The van der Waals surface area contributed by atoms with Gasteiger partial charge in [-0.05, 0) is 35.9 Å². The Morgan fingerprint density at radius 1 is 1.00 bits per heavy atom. The number of nitrogens with zero attached hydrogens (tertiary/aromatic N) is 5. The van der Waals surface area contributed by atoms with Crippen molar-refractivity contribution < 1.29 is 18.3 Å². The number of aromatic nitrogens is 4. The maximum Gasteiger partial charge on any atom is 0.291 e. The Balaban J connectivity index is 1.29. The third-order valence-electron chi connectivity index (χ3n) is 5.68. The summed E-state index contributed by atoms with van der Waals surface area (Å²) >= 11 is 5.96. The van der Waals surface area contributed by atoms with Gasteiger partial charge >= 0.3 is 0 Å². The predicted molar refractivity (Wildman–Crippen MR) is 125 cm³/mol. The summed E-state index contributed by atoms with van der Waals surface area (Å²) in [5.74, 6) is -0.709. The van der Waals surface area contributed by atoms with Gasteiger partial charge in [0.25, 0.3) is 15.9 Å². The molecule has 4 heterocycles. The highest BCUT2D eigenvalue weighted by atomic mass is 35.5. The van der Waals surface area contributed by atoms with E-state index in [1.807, 2.05) is 12.1 Å². The monoisotopic (exact) mass is 498 g/mol. The van der Waals surface area contributed by atoms with Crippen LogP contribution in [0, 0.1) is 0 Å². The van der Waals surface area contributed by atoms with E-state index in [4.69, 9.17) is 11.6 Å². The second-order valence-corrected chi connectivity index (χ2v) is 10.0. The molecule has 34 heavy (non-hydrogen) atoms. The van der Waals surface area contributed by atoms with E-state index < -0.39 is 10.0 Å². The number of hydrogen-bond donors (Lipinski definition) is 2. The summed E-state index contributed by atoms with van der Waals surface area (Å²) in [6, 6.07) is 8.34. The van der Waals surface area contributed by atoms with Crippen LogP contribution in [-0.4, -0.2) is 74.8 Å². The first kappa shape index (κ1) is 22.3. The number of nitrogens with one attached hydrogen (secondary N) is 1. The molecule has 0 spiro atoms. The van der Waals surface area contributed by atoms with Gasteiger partial charge in [0, 0.05) is 66.9 Å². The van der Waals surface area contributed by atoms with Crippen LogP contribution in [0.1, 0.15) is 10.6 Å². The van der Waals surface area contributed by atoms with Gasteiger partial charge in [-0.3, -0.25) is 9.78 Å². The van der Waals surface area contributed by atoms with E-state index in [-0.39, 0.29) is 48.7 Å². The fraction of sp³-hybridized carbons (Fsp3) is 0.182. The molecule has 5 rings (SSSR count). The Bertz CT molecular complexity index is 1470. The number of carbonyl (C=O) groups excluding carboxylic acids is 1. The molecule has 0 unspecified atom stereocenters. The Morgan fingerprint density at radius 2 is 1.68 bits per heavy atom. The minimum absolute atomic E-state index is 0.0410. The van der Waals surface area contributed by atoms with Crippen LogP contribution >= 0.6 is 11.6 Å². The molecule has 1 aromatic carbocycles. The quantitative estimate of drug-likeness (QED) is 0.441. The molecule has 4 aromatic rings. The zero-order chi connectivity index (χ0) is 23.9. The van der Waals surface area contributed by atoms with E-state index in [0.717, 1.165) is 11.1 Å². The molecule has 0 aliphatic carbocycles. The lowest BCUT2D eigenvalue weighted by atomic mass is 10.1. The highest BCUT2D eigenvalue weighted by molar-refractivity contribution is 7.89. The molecule has 1 amide bonds. The number of aromatic amines is 1. The van der Waals surface area contributed by atoms with Crippen molar-refractivity contribution in [1.29, 1.82) is 0 Å². The number of aromatic hydroxyl groups is 1. The number of hydrogen-bond acceptors (Lipinski definition) is 7. The zero-order valence-electron chi connectivity index (χ0n) is 17.7. The molecule has 2 N–H and O–H groups in total. The van der Waals surface area contributed by atoms with Crippen molar-refractivity contribution >= 4 is 38.4 Å².